The first-order valence-electron chi connectivity index (χ1n) is 10.3. The van der Waals surface area contributed by atoms with Gasteiger partial charge >= 0.3 is 7.32 Å². The van der Waals surface area contributed by atoms with Gasteiger partial charge in [0.1, 0.15) is 11.5 Å². The highest BCUT2D eigenvalue weighted by atomic mass is 16.7. The Morgan fingerprint density at radius 2 is 1.07 bits per heavy atom. The molecule has 0 amide bonds. The minimum atomic E-state index is -0.771. The standard InChI is InChI=1S/C24H35BO3/c1-8-9-18-26-25(27-21-14-10-19(11-15-21)23(2,3)4)28-22-16-12-20(13-17-22)24(5,6)7/h10-17H,8-9,18H2,1-7H3. The Balaban J connectivity index is 2.08. The van der Waals surface area contributed by atoms with E-state index in [1.54, 1.807) is 0 Å². The molecule has 4 heteroatoms. The lowest BCUT2D eigenvalue weighted by Crippen LogP contribution is -2.34. The first-order chi connectivity index (χ1) is 13.1. The van der Waals surface area contributed by atoms with Crippen LogP contribution in [0.25, 0.3) is 0 Å². The minimum absolute atomic E-state index is 0.112. The van der Waals surface area contributed by atoms with Crippen molar-refractivity contribution in [1.29, 1.82) is 0 Å². The molecular weight excluding hydrogens is 347 g/mol. The van der Waals surface area contributed by atoms with Crippen molar-refractivity contribution in [1.82, 2.24) is 0 Å². The predicted octanol–water partition coefficient (Wildman–Crippen LogP) is 6.54. The maximum atomic E-state index is 5.99. The third-order valence-corrected chi connectivity index (χ3v) is 4.66. The van der Waals surface area contributed by atoms with Crippen molar-refractivity contribution >= 4 is 7.32 Å². The predicted molar refractivity (Wildman–Crippen MR) is 118 cm³/mol. The van der Waals surface area contributed by atoms with E-state index in [0.29, 0.717) is 6.61 Å². The van der Waals surface area contributed by atoms with Crippen LogP contribution in [-0.2, 0) is 15.5 Å². The zero-order valence-corrected chi connectivity index (χ0v) is 18.5. The lowest BCUT2D eigenvalue weighted by Gasteiger charge is -2.21. The van der Waals surface area contributed by atoms with E-state index in [1.807, 2.05) is 24.3 Å². The van der Waals surface area contributed by atoms with Crippen LogP contribution >= 0.6 is 0 Å². The van der Waals surface area contributed by atoms with E-state index in [-0.39, 0.29) is 10.8 Å². The Hall–Kier alpha value is -1.94. The fraction of sp³-hybridized carbons (Fsp3) is 0.500. The lowest BCUT2D eigenvalue weighted by atomic mass is 9.87. The summed E-state index contributed by atoms with van der Waals surface area (Å²) in [6.07, 6.45) is 2.03. The summed E-state index contributed by atoms with van der Waals surface area (Å²) in [5, 5.41) is 0. The van der Waals surface area contributed by atoms with Crippen molar-refractivity contribution in [3.63, 3.8) is 0 Å². The molecule has 0 fully saturated rings. The van der Waals surface area contributed by atoms with Crippen LogP contribution < -0.4 is 9.31 Å². The summed E-state index contributed by atoms with van der Waals surface area (Å²) in [6, 6.07) is 16.3. The molecule has 3 nitrogen and oxygen atoms in total. The molecule has 0 radical (unpaired) electrons. The van der Waals surface area contributed by atoms with Crippen molar-refractivity contribution in [3.05, 3.63) is 59.7 Å². The highest BCUT2D eigenvalue weighted by Gasteiger charge is 2.27. The smallest absolute Gasteiger partial charge is 0.501 e. The molecule has 0 atom stereocenters. The van der Waals surface area contributed by atoms with Gasteiger partial charge in [-0.1, -0.05) is 79.2 Å². The van der Waals surface area contributed by atoms with Gasteiger partial charge in [0.2, 0.25) is 0 Å². The normalized spacial score (nSPS) is 12.0. The van der Waals surface area contributed by atoms with E-state index in [4.69, 9.17) is 14.0 Å². The summed E-state index contributed by atoms with van der Waals surface area (Å²) in [5.74, 6) is 1.47. The van der Waals surface area contributed by atoms with E-state index < -0.39 is 7.32 Å². The van der Waals surface area contributed by atoms with E-state index >= 15 is 0 Å². The molecule has 0 spiro atoms. The van der Waals surface area contributed by atoms with Gasteiger partial charge in [-0.3, -0.25) is 0 Å². The average Bonchev–Trinajstić information content (AvgIpc) is 2.61. The Labute approximate surface area is 171 Å². The molecule has 2 aromatic carbocycles. The zero-order chi connectivity index (χ0) is 20.8. The van der Waals surface area contributed by atoms with Crippen LogP contribution in [0.4, 0.5) is 0 Å². The molecule has 0 aliphatic heterocycles. The van der Waals surface area contributed by atoms with Crippen LogP contribution in [-0.4, -0.2) is 13.9 Å². The molecule has 0 bridgehead atoms. The molecule has 0 saturated carbocycles. The topological polar surface area (TPSA) is 27.7 Å². The Morgan fingerprint density at radius 1 is 0.679 bits per heavy atom. The van der Waals surface area contributed by atoms with E-state index in [0.717, 1.165) is 24.3 Å². The van der Waals surface area contributed by atoms with Crippen molar-refractivity contribution < 1.29 is 14.0 Å². The molecule has 0 aliphatic carbocycles. The molecule has 0 aromatic heterocycles. The number of benzene rings is 2. The van der Waals surface area contributed by atoms with Crippen LogP contribution in [0, 0.1) is 0 Å². The van der Waals surface area contributed by atoms with Crippen molar-refractivity contribution in [3.8, 4) is 11.5 Å². The molecule has 2 aromatic rings. The van der Waals surface area contributed by atoms with Crippen LogP contribution in [0.3, 0.4) is 0 Å². The van der Waals surface area contributed by atoms with E-state index in [9.17, 15) is 0 Å². The third kappa shape index (κ3) is 6.90. The maximum Gasteiger partial charge on any atom is 0.788 e. The van der Waals surface area contributed by atoms with Crippen LogP contribution in [0.5, 0.6) is 11.5 Å². The quantitative estimate of drug-likeness (QED) is 0.383. The maximum absolute atomic E-state index is 5.99. The van der Waals surface area contributed by atoms with Gasteiger partial charge in [-0.05, 0) is 52.6 Å². The summed E-state index contributed by atoms with van der Waals surface area (Å²) in [7, 11) is -0.771. The number of unbranched alkanes of at least 4 members (excludes halogenated alkanes) is 1. The summed E-state index contributed by atoms with van der Waals surface area (Å²) in [6.45, 7) is 15.9. The molecule has 0 heterocycles. The molecule has 0 unspecified atom stereocenters. The Kier molecular flexibility index (Phi) is 7.59. The van der Waals surface area contributed by atoms with Gasteiger partial charge in [0, 0.05) is 6.61 Å². The fourth-order valence-corrected chi connectivity index (χ4v) is 2.71. The van der Waals surface area contributed by atoms with Crippen molar-refractivity contribution in [2.24, 2.45) is 0 Å². The first kappa shape index (κ1) is 22.4. The fourth-order valence-electron chi connectivity index (χ4n) is 2.71. The average molecular weight is 382 g/mol. The molecule has 0 saturated heterocycles. The van der Waals surface area contributed by atoms with E-state index in [2.05, 4.69) is 72.7 Å². The van der Waals surface area contributed by atoms with Gasteiger partial charge in [0.15, 0.2) is 0 Å². The van der Waals surface area contributed by atoms with Crippen LogP contribution in [0.15, 0.2) is 48.5 Å². The molecule has 0 N–H and O–H groups in total. The zero-order valence-electron chi connectivity index (χ0n) is 18.5. The highest BCUT2D eigenvalue weighted by molar-refractivity contribution is 6.38. The van der Waals surface area contributed by atoms with Crippen molar-refractivity contribution in [2.45, 2.75) is 72.1 Å². The highest BCUT2D eigenvalue weighted by Crippen LogP contribution is 2.26. The largest absolute Gasteiger partial charge is 0.788 e. The number of rotatable bonds is 8. The first-order valence-corrected chi connectivity index (χ1v) is 10.3. The second-order valence-electron chi connectivity index (χ2n) is 9.30. The van der Waals surface area contributed by atoms with Crippen molar-refractivity contribution in [2.75, 3.05) is 6.61 Å². The molecule has 28 heavy (non-hydrogen) atoms. The van der Waals surface area contributed by atoms with Crippen LogP contribution in [0.1, 0.15) is 72.4 Å². The second kappa shape index (κ2) is 9.51. The second-order valence-corrected chi connectivity index (χ2v) is 9.30. The minimum Gasteiger partial charge on any atom is -0.501 e. The Morgan fingerprint density at radius 3 is 1.39 bits per heavy atom. The monoisotopic (exact) mass is 382 g/mol. The van der Waals surface area contributed by atoms with E-state index in [1.165, 1.54) is 11.1 Å². The Bertz CT molecular complexity index is 650. The molecular formula is C24H35BO3. The molecule has 2 rings (SSSR count). The molecule has 0 aliphatic rings. The van der Waals surface area contributed by atoms with Gasteiger partial charge in [-0.2, -0.15) is 0 Å². The number of hydrogen-bond donors (Lipinski definition) is 0. The summed E-state index contributed by atoms with van der Waals surface area (Å²) in [5.41, 5.74) is 2.76. The summed E-state index contributed by atoms with van der Waals surface area (Å²) >= 11 is 0. The summed E-state index contributed by atoms with van der Waals surface area (Å²) < 4.78 is 17.8. The number of hydrogen-bond acceptors (Lipinski definition) is 3. The third-order valence-electron chi connectivity index (χ3n) is 4.66. The summed E-state index contributed by atoms with van der Waals surface area (Å²) in [4.78, 5) is 0. The molecule has 152 valence electrons. The van der Waals surface area contributed by atoms with Gasteiger partial charge in [-0.25, -0.2) is 0 Å². The van der Waals surface area contributed by atoms with Gasteiger partial charge < -0.3 is 14.0 Å². The van der Waals surface area contributed by atoms with Gasteiger partial charge in [0.25, 0.3) is 0 Å². The lowest BCUT2D eigenvalue weighted by molar-refractivity contribution is 0.198. The van der Waals surface area contributed by atoms with Gasteiger partial charge in [0.05, 0.1) is 0 Å². The SMILES string of the molecule is CCCCOB(Oc1ccc(C(C)(C)C)cc1)Oc1ccc(C(C)(C)C)cc1. The van der Waals surface area contributed by atoms with Crippen LogP contribution in [0.2, 0.25) is 0 Å². The van der Waals surface area contributed by atoms with Gasteiger partial charge in [-0.15, -0.1) is 0 Å².